The molecule has 2 aliphatic rings. The van der Waals surface area contributed by atoms with Crippen molar-refractivity contribution in [2.45, 2.75) is 19.0 Å². The van der Waals surface area contributed by atoms with Crippen LogP contribution in [0.3, 0.4) is 0 Å². The van der Waals surface area contributed by atoms with Crippen molar-refractivity contribution >= 4 is 23.2 Å². The molecular weight excluding hydrogens is 349 g/mol. The first kappa shape index (κ1) is 18.3. The number of amides is 2. The number of carbonyl (C=O) groups excluding carboxylic acids is 2. The van der Waals surface area contributed by atoms with Gasteiger partial charge in [0, 0.05) is 26.2 Å². The topological polar surface area (TPSA) is 64.7 Å². The fourth-order valence-corrected chi connectivity index (χ4v) is 3.22. The van der Waals surface area contributed by atoms with Gasteiger partial charge in [0.25, 0.3) is 0 Å². The lowest BCUT2D eigenvalue weighted by molar-refractivity contribution is -0.137. The van der Waals surface area contributed by atoms with E-state index in [1.165, 1.54) is 6.07 Å². The summed E-state index contributed by atoms with van der Waals surface area (Å²) in [6, 6.07) is 3.35. The molecule has 9 heteroatoms. The third-order valence-electron chi connectivity index (χ3n) is 4.59. The molecule has 6 nitrogen and oxygen atoms in total. The van der Waals surface area contributed by atoms with Crippen LogP contribution in [-0.2, 0) is 15.8 Å². The largest absolute Gasteiger partial charge is 0.416 e. The second kappa shape index (κ2) is 7.43. The smallest absolute Gasteiger partial charge is 0.374 e. The van der Waals surface area contributed by atoms with E-state index in [2.05, 4.69) is 10.6 Å². The molecule has 0 radical (unpaired) electrons. The maximum atomic E-state index is 13.1. The van der Waals surface area contributed by atoms with Crippen LogP contribution in [-0.4, -0.2) is 56.0 Å². The average molecular weight is 370 g/mol. The first-order valence-electron chi connectivity index (χ1n) is 8.59. The highest BCUT2D eigenvalue weighted by atomic mass is 19.4. The molecule has 2 aliphatic heterocycles. The number of hydrogen-bond acceptors (Lipinski definition) is 4. The zero-order valence-electron chi connectivity index (χ0n) is 14.2. The summed E-state index contributed by atoms with van der Waals surface area (Å²) in [4.78, 5) is 27.2. The Morgan fingerprint density at radius 2 is 1.92 bits per heavy atom. The van der Waals surface area contributed by atoms with Crippen LogP contribution in [0.5, 0.6) is 0 Å². The van der Waals surface area contributed by atoms with Gasteiger partial charge < -0.3 is 20.4 Å². The molecule has 0 atom stereocenters. The summed E-state index contributed by atoms with van der Waals surface area (Å²) >= 11 is 0. The summed E-state index contributed by atoms with van der Waals surface area (Å²) in [5.74, 6) is -0.322. The van der Waals surface area contributed by atoms with Gasteiger partial charge in [-0.3, -0.25) is 9.59 Å². The van der Waals surface area contributed by atoms with E-state index >= 15 is 0 Å². The highest BCUT2D eigenvalue weighted by Crippen LogP contribution is 2.35. The number of anilines is 2. The second-order valence-electron chi connectivity index (χ2n) is 6.44. The first-order valence-corrected chi connectivity index (χ1v) is 8.59. The van der Waals surface area contributed by atoms with Crippen molar-refractivity contribution in [2.24, 2.45) is 0 Å². The predicted octanol–water partition coefficient (Wildman–Crippen LogP) is 1.68. The van der Waals surface area contributed by atoms with Gasteiger partial charge in [-0.05, 0) is 31.0 Å². The number of carbonyl (C=O) groups is 2. The summed E-state index contributed by atoms with van der Waals surface area (Å²) in [6.45, 7) is 2.27. The molecular formula is C17H21F3N4O2. The molecule has 2 heterocycles. The van der Waals surface area contributed by atoms with Crippen LogP contribution in [0.4, 0.5) is 24.5 Å². The highest BCUT2D eigenvalue weighted by Gasteiger charge is 2.32. The van der Waals surface area contributed by atoms with Crippen molar-refractivity contribution in [3.05, 3.63) is 23.8 Å². The number of piperazine rings is 1. The van der Waals surface area contributed by atoms with Gasteiger partial charge in [0.05, 0.1) is 30.0 Å². The van der Waals surface area contributed by atoms with E-state index in [-0.39, 0.29) is 30.6 Å². The quantitative estimate of drug-likeness (QED) is 0.847. The highest BCUT2D eigenvalue weighted by molar-refractivity contribution is 5.86. The van der Waals surface area contributed by atoms with Gasteiger partial charge in [0.1, 0.15) is 0 Å². The monoisotopic (exact) mass is 370 g/mol. The molecule has 0 saturated carbocycles. The Balaban J connectivity index is 1.81. The summed E-state index contributed by atoms with van der Waals surface area (Å²) in [5, 5.41) is 5.53. The first-order chi connectivity index (χ1) is 12.3. The lowest BCUT2D eigenvalue weighted by atomic mass is 10.1. The van der Waals surface area contributed by atoms with Crippen LogP contribution < -0.4 is 15.5 Å². The van der Waals surface area contributed by atoms with Crippen LogP contribution in [0.15, 0.2) is 18.2 Å². The SMILES string of the molecule is O=C1CN(c2ccc(C(F)(F)F)cc2NCC(=O)N2CCCC2)CCN1. The number of nitrogens with zero attached hydrogens (tertiary/aromatic N) is 2. The van der Waals surface area contributed by atoms with Crippen molar-refractivity contribution in [3.8, 4) is 0 Å². The molecule has 0 aromatic heterocycles. The molecule has 0 spiro atoms. The van der Waals surface area contributed by atoms with Crippen molar-refractivity contribution in [1.29, 1.82) is 0 Å². The summed E-state index contributed by atoms with van der Waals surface area (Å²) in [7, 11) is 0. The van der Waals surface area contributed by atoms with Crippen LogP contribution in [0.1, 0.15) is 18.4 Å². The second-order valence-corrected chi connectivity index (χ2v) is 6.44. The van der Waals surface area contributed by atoms with E-state index in [1.807, 2.05) is 0 Å². The van der Waals surface area contributed by atoms with Crippen molar-refractivity contribution in [1.82, 2.24) is 10.2 Å². The molecule has 2 amide bonds. The fourth-order valence-electron chi connectivity index (χ4n) is 3.22. The summed E-state index contributed by atoms with van der Waals surface area (Å²) in [5.41, 5.74) is -0.0945. The fraction of sp³-hybridized carbons (Fsp3) is 0.529. The van der Waals surface area contributed by atoms with Gasteiger partial charge >= 0.3 is 6.18 Å². The van der Waals surface area contributed by atoms with Crippen LogP contribution in [0.25, 0.3) is 0 Å². The molecule has 2 N–H and O–H groups in total. The van der Waals surface area contributed by atoms with E-state index in [4.69, 9.17) is 0 Å². The molecule has 0 aliphatic carbocycles. The molecule has 0 unspecified atom stereocenters. The number of rotatable bonds is 4. The number of benzene rings is 1. The minimum Gasteiger partial charge on any atom is -0.374 e. The molecule has 142 valence electrons. The number of nitrogens with one attached hydrogen (secondary N) is 2. The van der Waals surface area contributed by atoms with Crippen molar-refractivity contribution < 1.29 is 22.8 Å². The number of likely N-dealkylation sites (tertiary alicyclic amines) is 1. The van der Waals surface area contributed by atoms with Gasteiger partial charge in [-0.25, -0.2) is 0 Å². The number of hydrogen-bond donors (Lipinski definition) is 2. The Morgan fingerprint density at radius 3 is 2.58 bits per heavy atom. The summed E-state index contributed by atoms with van der Waals surface area (Å²) in [6.07, 6.45) is -2.58. The lowest BCUT2D eigenvalue weighted by Crippen LogP contribution is -2.48. The van der Waals surface area contributed by atoms with Crippen LogP contribution in [0.2, 0.25) is 0 Å². The molecule has 2 saturated heterocycles. The lowest BCUT2D eigenvalue weighted by Gasteiger charge is -2.31. The predicted molar refractivity (Wildman–Crippen MR) is 91.0 cm³/mol. The Morgan fingerprint density at radius 1 is 1.19 bits per heavy atom. The molecule has 0 bridgehead atoms. The van der Waals surface area contributed by atoms with Crippen LogP contribution >= 0.6 is 0 Å². The third-order valence-corrected chi connectivity index (χ3v) is 4.59. The normalized spacial score (nSPS) is 18.0. The zero-order chi connectivity index (χ0) is 18.7. The molecule has 3 rings (SSSR count). The molecule has 26 heavy (non-hydrogen) atoms. The summed E-state index contributed by atoms with van der Waals surface area (Å²) < 4.78 is 39.2. The Bertz CT molecular complexity index is 687. The Hall–Kier alpha value is -2.45. The van der Waals surface area contributed by atoms with Crippen LogP contribution in [0, 0.1) is 0 Å². The standard InChI is InChI=1S/C17H21F3N4O2/c18-17(19,20)12-3-4-14(24-8-5-21-15(25)11-24)13(9-12)22-10-16(26)23-6-1-2-7-23/h3-4,9,22H,1-2,5-8,10-11H2,(H,21,25). The van der Waals surface area contributed by atoms with Gasteiger partial charge in [-0.1, -0.05) is 0 Å². The molecule has 2 fully saturated rings. The van der Waals surface area contributed by atoms with E-state index in [9.17, 15) is 22.8 Å². The third kappa shape index (κ3) is 4.20. The minimum atomic E-state index is -4.48. The van der Waals surface area contributed by atoms with E-state index in [0.717, 1.165) is 25.0 Å². The van der Waals surface area contributed by atoms with Gasteiger partial charge in [0.15, 0.2) is 0 Å². The Labute approximate surface area is 149 Å². The zero-order valence-corrected chi connectivity index (χ0v) is 14.2. The number of alkyl halides is 3. The van der Waals surface area contributed by atoms with Crippen molar-refractivity contribution in [3.63, 3.8) is 0 Å². The van der Waals surface area contributed by atoms with E-state index < -0.39 is 11.7 Å². The van der Waals surface area contributed by atoms with E-state index in [0.29, 0.717) is 31.9 Å². The van der Waals surface area contributed by atoms with Gasteiger partial charge in [-0.2, -0.15) is 13.2 Å². The maximum Gasteiger partial charge on any atom is 0.416 e. The number of halogens is 3. The molecule has 1 aromatic carbocycles. The average Bonchev–Trinajstić information content (AvgIpc) is 3.13. The molecule has 1 aromatic rings. The van der Waals surface area contributed by atoms with Gasteiger partial charge in [0.2, 0.25) is 11.8 Å². The minimum absolute atomic E-state index is 0.0696. The van der Waals surface area contributed by atoms with E-state index in [1.54, 1.807) is 9.80 Å². The Kier molecular flexibility index (Phi) is 5.24. The van der Waals surface area contributed by atoms with Gasteiger partial charge in [-0.15, -0.1) is 0 Å². The van der Waals surface area contributed by atoms with Crippen molar-refractivity contribution in [2.75, 3.05) is 49.5 Å². The maximum absolute atomic E-state index is 13.1.